The number of halogens is 1. The standard InChI is InChI=1S/C8H9BClO2/c1-9-12-6-3-4-8(11-2)7(10)5-6/h3-5H,1-2H3. The Morgan fingerprint density at radius 1 is 1.42 bits per heavy atom. The zero-order valence-corrected chi connectivity index (χ0v) is 7.76. The second-order valence-electron chi connectivity index (χ2n) is 2.15. The SMILES string of the molecule is C[B]Oc1ccc(OC)c(Cl)c1. The molecule has 1 radical (unpaired) electrons. The van der Waals surface area contributed by atoms with Crippen LogP contribution >= 0.6 is 11.6 Å². The van der Waals surface area contributed by atoms with Crippen LogP contribution in [0.1, 0.15) is 0 Å². The first-order valence-electron chi connectivity index (χ1n) is 3.56. The van der Waals surface area contributed by atoms with E-state index >= 15 is 0 Å². The van der Waals surface area contributed by atoms with Crippen LogP contribution in [0.5, 0.6) is 11.5 Å². The Morgan fingerprint density at radius 2 is 2.17 bits per heavy atom. The van der Waals surface area contributed by atoms with E-state index in [2.05, 4.69) is 0 Å². The Hall–Kier alpha value is -0.825. The number of hydrogen-bond acceptors (Lipinski definition) is 2. The number of hydrogen-bond donors (Lipinski definition) is 0. The zero-order valence-electron chi connectivity index (χ0n) is 7.00. The van der Waals surface area contributed by atoms with E-state index in [1.54, 1.807) is 39.6 Å². The van der Waals surface area contributed by atoms with Crippen molar-refractivity contribution in [3.05, 3.63) is 23.2 Å². The van der Waals surface area contributed by atoms with Gasteiger partial charge >= 0.3 is 7.48 Å². The van der Waals surface area contributed by atoms with Crippen LogP contribution in [0.4, 0.5) is 0 Å². The van der Waals surface area contributed by atoms with Gasteiger partial charge < -0.3 is 9.39 Å². The molecule has 4 heteroatoms. The summed E-state index contributed by atoms with van der Waals surface area (Å²) in [5, 5.41) is 0.553. The Kier molecular flexibility index (Phi) is 3.29. The summed E-state index contributed by atoms with van der Waals surface area (Å²) in [6, 6.07) is 5.27. The lowest BCUT2D eigenvalue weighted by Crippen LogP contribution is -1.95. The van der Waals surface area contributed by atoms with Crippen LogP contribution in [-0.4, -0.2) is 14.6 Å². The first-order chi connectivity index (χ1) is 5.77. The van der Waals surface area contributed by atoms with Crippen LogP contribution in [-0.2, 0) is 0 Å². The quantitative estimate of drug-likeness (QED) is 0.670. The summed E-state index contributed by atoms with van der Waals surface area (Å²) in [7, 11) is 3.17. The van der Waals surface area contributed by atoms with Gasteiger partial charge in [0.05, 0.1) is 17.9 Å². The lowest BCUT2D eigenvalue weighted by Gasteiger charge is -2.06. The monoisotopic (exact) mass is 183 g/mol. The molecule has 0 atom stereocenters. The van der Waals surface area contributed by atoms with Crippen molar-refractivity contribution in [3.63, 3.8) is 0 Å². The Balaban J connectivity index is 2.86. The van der Waals surface area contributed by atoms with Gasteiger partial charge in [0, 0.05) is 6.07 Å². The average molecular weight is 183 g/mol. The van der Waals surface area contributed by atoms with Crippen LogP contribution in [0.15, 0.2) is 18.2 Å². The normalized spacial score (nSPS) is 9.25. The molecule has 0 saturated carbocycles. The second kappa shape index (κ2) is 4.26. The minimum atomic E-state index is 0.553. The number of ether oxygens (including phenoxy) is 1. The van der Waals surface area contributed by atoms with Crippen molar-refractivity contribution in [1.29, 1.82) is 0 Å². The molecule has 1 aromatic carbocycles. The van der Waals surface area contributed by atoms with Crippen molar-refractivity contribution < 1.29 is 9.39 Å². The third kappa shape index (κ3) is 2.08. The van der Waals surface area contributed by atoms with E-state index in [0.29, 0.717) is 16.5 Å². The van der Waals surface area contributed by atoms with Gasteiger partial charge in [-0.3, -0.25) is 0 Å². The molecule has 12 heavy (non-hydrogen) atoms. The maximum atomic E-state index is 5.85. The van der Waals surface area contributed by atoms with Crippen molar-refractivity contribution in [2.45, 2.75) is 6.82 Å². The summed E-state index contributed by atoms with van der Waals surface area (Å²) in [6.45, 7) is 1.80. The van der Waals surface area contributed by atoms with Crippen LogP contribution in [0.3, 0.4) is 0 Å². The topological polar surface area (TPSA) is 18.5 Å². The van der Waals surface area contributed by atoms with Crippen LogP contribution in [0.25, 0.3) is 0 Å². The van der Waals surface area contributed by atoms with Gasteiger partial charge in [-0.15, -0.1) is 0 Å². The highest BCUT2D eigenvalue weighted by molar-refractivity contribution is 6.32. The van der Waals surface area contributed by atoms with Gasteiger partial charge in [-0.2, -0.15) is 0 Å². The highest BCUT2D eigenvalue weighted by atomic mass is 35.5. The second-order valence-corrected chi connectivity index (χ2v) is 2.56. The van der Waals surface area contributed by atoms with Crippen molar-refractivity contribution in [2.24, 2.45) is 0 Å². The minimum Gasteiger partial charge on any atom is -0.563 e. The molecule has 0 unspecified atom stereocenters. The first-order valence-corrected chi connectivity index (χ1v) is 3.93. The Morgan fingerprint density at radius 3 is 2.67 bits per heavy atom. The van der Waals surface area contributed by atoms with E-state index in [1.165, 1.54) is 0 Å². The maximum Gasteiger partial charge on any atom is 0.366 e. The van der Waals surface area contributed by atoms with Crippen LogP contribution in [0.2, 0.25) is 11.8 Å². The maximum absolute atomic E-state index is 5.85. The molecule has 63 valence electrons. The lowest BCUT2D eigenvalue weighted by molar-refractivity contribution is 0.414. The zero-order chi connectivity index (χ0) is 8.97. The molecule has 0 aromatic heterocycles. The van der Waals surface area contributed by atoms with Crippen molar-refractivity contribution in [3.8, 4) is 11.5 Å². The molecule has 0 saturated heterocycles. The minimum absolute atomic E-state index is 0.553. The Labute approximate surface area is 77.7 Å². The van der Waals surface area contributed by atoms with Crippen molar-refractivity contribution in [2.75, 3.05) is 7.11 Å². The molecule has 0 N–H and O–H groups in total. The van der Waals surface area contributed by atoms with E-state index in [-0.39, 0.29) is 0 Å². The van der Waals surface area contributed by atoms with Gasteiger partial charge in [0.2, 0.25) is 0 Å². The fourth-order valence-corrected chi connectivity index (χ4v) is 1.10. The molecule has 0 bridgehead atoms. The van der Waals surface area contributed by atoms with Crippen molar-refractivity contribution in [1.82, 2.24) is 0 Å². The fourth-order valence-electron chi connectivity index (χ4n) is 0.857. The fraction of sp³-hybridized carbons (Fsp3) is 0.250. The van der Waals surface area contributed by atoms with Crippen LogP contribution in [0, 0.1) is 0 Å². The molecular formula is C8H9BClO2. The molecule has 1 aromatic rings. The molecule has 2 nitrogen and oxygen atoms in total. The highest BCUT2D eigenvalue weighted by Crippen LogP contribution is 2.28. The number of rotatable bonds is 3. The highest BCUT2D eigenvalue weighted by Gasteiger charge is 2.01. The van der Waals surface area contributed by atoms with Gasteiger partial charge in [0.15, 0.2) is 0 Å². The summed E-state index contributed by atoms with van der Waals surface area (Å²) < 4.78 is 10.1. The van der Waals surface area contributed by atoms with E-state index in [9.17, 15) is 0 Å². The average Bonchev–Trinajstić information content (AvgIpc) is 2.05. The summed E-state index contributed by atoms with van der Waals surface area (Å²) in [5.41, 5.74) is 0. The summed E-state index contributed by atoms with van der Waals surface area (Å²) in [6.07, 6.45) is 0. The molecule has 0 aliphatic rings. The summed E-state index contributed by atoms with van der Waals surface area (Å²) >= 11 is 5.85. The van der Waals surface area contributed by atoms with Gasteiger partial charge in [-0.1, -0.05) is 18.4 Å². The summed E-state index contributed by atoms with van der Waals surface area (Å²) in [4.78, 5) is 0. The van der Waals surface area contributed by atoms with E-state index < -0.39 is 0 Å². The Bertz CT molecular complexity index is 265. The molecule has 1 rings (SSSR count). The molecule has 0 heterocycles. The first kappa shape index (κ1) is 9.26. The molecule has 0 aliphatic heterocycles. The largest absolute Gasteiger partial charge is 0.563 e. The lowest BCUT2D eigenvalue weighted by atomic mass is 10.1. The van der Waals surface area contributed by atoms with E-state index in [4.69, 9.17) is 21.0 Å². The van der Waals surface area contributed by atoms with Gasteiger partial charge in [0.1, 0.15) is 5.75 Å². The van der Waals surface area contributed by atoms with Gasteiger partial charge in [0.25, 0.3) is 0 Å². The number of benzene rings is 1. The van der Waals surface area contributed by atoms with Crippen LogP contribution < -0.4 is 9.39 Å². The molecular weight excluding hydrogens is 174 g/mol. The molecule has 0 amide bonds. The van der Waals surface area contributed by atoms with E-state index in [1.807, 2.05) is 0 Å². The van der Waals surface area contributed by atoms with Crippen molar-refractivity contribution >= 4 is 19.1 Å². The predicted octanol–water partition coefficient (Wildman–Crippen LogP) is 2.39. The molecule has 0 fully saturated rings. The number of methoxy groups -OCH3 is 1. The molecule has 0 aliphatic carbocycles. The summed E-state index contributed by atoms with van der Waals surface area (Å²) in [5.74, 6) is 1.36. The third-order valence-electron chi connectivity index (χ3n) is 1.38. The smallest absolute Gasteiger partial charge is 0.366 e. The molecule has 0 spiro atoms. The predicted molar refractivity (Wildman–Crippen MR) is 50.3 cm³/mol. The third-order valence-corrected chi connectivity index (χ3v) is 1.67. The van der Waals surface area contributed by atoms with Gasteiger partial charge in [-0.25, -0.2) is 0 Å². The van der Waals surface area contributed by atoms with E-state index in [0.717, 1.165) is 0 Å². The van der Waals surface area contributed by atoms with Gasteiger partial charge in [-0.05, 0) is 12.1 Å².